The molecule has 26 aromatic rings. The molecule has 8 nitrogen and oxygen atoms in total. The predicted octanol–water partition coefficient (Wildman–Crippen LogP) is 38.7. The molecule has 702 valence electrons. The molecule has 0 aliphatic heterocycles. The normalized spacial score (nSPS) is 15.2. The Hall–Kier alpha value is -15.6. The number of benzene rings is 18. The highest BCUT2D eigenvalue weighted by atomic mass is 15.2. The van der Waals surface area contributed by atoms with Crippen LogP contribution in [0.2, 0.25) is 0 Å². The van der Waals surface area contributed by atoms with Gasteiger partial charge in [-0.2, -0.15) is 0 Å². The van der Waals surface area contributed by atoms with Gasteiger partial charge in [-0.3, -0.25) is 0 Å². The Morgan fingerprint density at radius 3 is 0.771 bits per heavy atom. The number of nitrogens with zero attached hydrogens (tertiary/aromatic N) is 8. The summed E-state index contributed by atoms with van der Waals surface area (Å²) >= 11 is 0. The van der Waals surface area contributed by atoms with Crippen molar-refractivity contribution in [1.82, 2.24) is 17.6 Å². The molecule has 2 aliphatic carbocycles. The van der Waals surface area contributed by atoms with Gasteiger partial charge in [0, 0.05) is 132 Å². The SMILES string of the molecule is CC(C)(C)c1ccc(N(c2ccc(C(C)(C)C)cc2)c2ccc3c4cc5c(cc4n4c6ccccc6c2c34)c2ccc(N(c3ccc(C(C)(C)C)cc3)c3ccc(C(C)(C)CC4CCCC(c6ccc(N(c7ccccc7)c7ccc8c9cc%10c(cc9n9c%11ccccc%11c7c89)c7ccc(N(c8ccccc8)c8ccc(C9CCCCC9)cc8)c8c9ccccc9n%10c78)cc6)C4)cc3)c3c4ccccc4n5c23)cc1. The molecular weight excluding hydrogens is 1750 g/mol. The summed E-state index contributed by atoms with van der Waals surface area (Å²) in [6.45, 7) is 25.8. The average molecular weight is 1860 g/mol. The molecule has 8 heterocycles. The largest absolute Gasteiger partial charge is 0.310 e. The van der Waals surface area contributed by atoms with Crippen molar-refractivity contribution in [2.45, 2.75) is 174 Å². The van der Waals surface area contributed by atoms with Crippen LogP contribution in [0.25, 0.3) is 152 Å². The zero-order chi connectivity index (χ0) is 96.8. The van der Waals surface area contributed by atoms with E-state index in [4.69, 9.17) is 0 Å². The second-order valence-electron chi connectivity index (χ2n) is 45.9. The van der Waals surface area contributed by atoms with Crippen LogP contribution in [0.5, 0.6) is 0 Å². The molecule has 2 fully saturated rings. The van der Waals surface area contributed by atoms with Crippen molar-refractivity contribution in [3.05, 3.63) is 409 Å². The van der Waals surface area contributed by atoms with Crippen molar-refractivity contribution >= 4 is 221 Å². The van der Waals surface area contributed by atoms with Crippen molar-refractivity contribution in [2.24, 2.45) is 5.92 Å². The van der Waals surface area contributed by atoms with E-state index in [0.717, 1.165) is 46.2 Å². The van der Waals surface area contributed by atoms with E-state index in [1.807, 2.05) is 0 Å². The minimum Gasteiger partial charge on any atom is -0.310 e. The zero-order valence-corrected chi connectivity index (χ0v) is 84.2. The van der Waals surface area contributed by atoms with E-state index in [1.54, 1.807) is 0 Å². The van der Waals surface area contributed by atoms with E-state index < -0.39 is 0 Å². The topological polar surface area (TPSA) is 30.6 Å². The molecule has 0 N–H and O–H groups in total. The van der Waals surface area contributed by atoms with Crippen molar-refractivity contribution in [2.75, 3.05) is 19.6 Å². The molecule has 0 saturated heterocycles. The molecule has 8 aromatic heterocycles. The highest BCUT2D eigenvalue weighted by Gasteiger charge is 2.37. The lowest BCUT2D eigenvalue weighted by Crippen LogP contribution is -2.25. The first-order valence-electron chi connectivity index (χ1n) is 52.7. The smallest absolute Gasteiger partial charge is 0.0641 e. The van der Waals surface area contributed by atoms with Crippen molar-refractivity contribution in [1.29, 1.82) is 0 Å². The highest BCUT2D eigenvalue weighted by Crippen LogP contribution is 2.57. The molecule has 8 heteroatoms. The molecule has 144 heavy (non-hydrogen) atoms. The maximum absolute atomic E-state index is 2.60. The van der Waals surface area contributed by atoms with Gasteiger partial charge in [-0.25, -0.2) is 0 Å². The summed E-state index contributed by atoms with van der Waals surface area (Å²) in [5.74, 6) is 1.67. The van der Waals surface area contributed by atoms with Gasteiger partial charge >= 0.3 is 0 Å². The molecule has 2 unspecified atom stereocenters. The maximum atomic E-state index is 2.60. The summed E-state index contributed by atoms with van der Waals surface area (Å²) in [7, 11) is 0. The Morgan fingerprint density at radius 2 is 0.472 bits per heavy atom. The van der Waals surface area contributed by atoms with E-state index in [-0.39, 0.29) is 21.7 Å². The standard InChI is InChI=1S/C136H118N8/c1-133(2,3)89-50-62-97(63-51-89)139(98-64-52-90(53-65-98)134(4,5)6)119-76-72-103-111-81-124-112(82-123(111)143-115-44-27-23-40-107(115)127(119)131(103)143)104-73-77-120(128-108-41-24-28-45-116(108)144(124)132(104)128)140(99-66-54-91(55-67-99)135(7,8)9)100-68-56-92(57-69-100)136(10,11)83-84-30-29-33-88(78-84)87-48-60-96(61-49-87)138(94-36-19-14-20-37-94)118-75-71-102-110-80-121-109(79-122(110)142-114-43-26-22-39-106(114)126(118)130(102)142)101-70-74-117(125-105-38-21-25-42-113(105)141(121)129(101)125)137(93-34-17-13-18-35-93)95-58-46-86(47-59-95)85-31-15-12-16-32-85/h13-14,17-28,34-77,79-82,84-85,88H,12,15-16,29-33,78,83H2,1-11H3. The third-order valence-electron chi connectivity index (χ3n) is 33.8. The van der Waals surface area contributed by atoms with Crippen LogP contribution in [-0.2, 0) is 21.7 Å². The van der Waals surface area contributed by atoms with Crippen LogP contribution in [0.4, 0.5) is 68.2 Å². The quantitative estimate of drug-likeness (QED) is 0.0909. The van der Waals surface area contributed by atoms with Crippen LogP contribution in [-0.4, -0.2) is 17.6 Å². The molecule has 0 spiro atoms. The second-order valence-corrected chi connectivity index (χ2v) is 45.9. The number of anilines is 12. The molecule has 0 radical (unpaired) electrons. The van der Waals surface area contributed by atoms with Crippen molar-refractivity contribution < 1.29 is 0 Å². The molecule has 0 bridgehead atoms. The summed E-state index contributed by atoms with van der Waals surface area (Å²) < 4.78 is 10.4. The van der Waals surface area contributed by atoms with Gasteiger partial charge in [-0.1, -0.05) is 315 Å². The third-order valence-corrected chi connectivity index (χ3v) is 33.8. The minimum atomic E-state index is -0.0855. The van der Waals surface area contributed by atoms with Crippen LogP contribution in [0, 0.1) is 5.92 Å². The van der Waals surface area contributed by atoms with Gasteiger partial charge in [0.05, 0.1) is 88.9 Å². The van der Waals surface area contributed by atoms with Gasteiger partial charge in [-0.15, -0.1) is 0 Å². The Kier molecular flexibility index (Phi) is 19.3. The Balaban J connectivity index is 0.495. The summed E-state index contributed by atoms with van der Waals surface area (Å²) in [6.07, 6.45) is 12.5. The molecule has 2 aliphatic rings. The maximum Gasteiger partial charge on any atom is 0.0641 e. The van der Waals surface area contributed by atoms with Gasteiger partial charge in [-0.05, 0) is 275 Å². The number of hydrogen-bond acceptors (Lipinski definition) is 4. The Labute approximate surface area is 841 Å². The van der Waals surface area contributed by atoms with E-state index in [0.29, 0.717) is 17.8 Å². The van der Waals surface area contributed by atoms with E-state index in [9.17, 15) is 0 Å². The van der Waals surface area contributed by atoms with Gasteiger partial charge in [0.25, 0.3) is 0 Å². The molecule has 2 atom stereocenters. The van der Waals surface area contributed by atoms with Crippen molar-refractivity contribution in [3.8, 4) is 0 Å². The fourth-order valence-electron chi connectivity index (χ4n) is 26.8. The minimum absolute atomic E-state index is 0.0141. The zero-order valence-electron chi connectivity index (χ0n) is 84.2. The monoisotopic (exact) mass is 1860 g/mol. The second kappa shape index (κ2) is 32.2. The Morgan fingerprint density at radius 1 is 0.215 bits per heavy atom. The van der Waals surface area contributed by atoms with Gasteiger partial charge < -0.3 is 37.2 Å². The summed E-state index contributed by atoms with van der Waals surface area (Å²) in [4.78, 5) is 10.1. The summed E-state index contributed by atoms with van der Waals surface area (Å²) in [5.41, 5.74) is 36.8. The van der Waals surface area contributed by atoms with Crippen LogP contribution in [0.3, 0.4) is 0 Å². The molecular formula is C136H118N8. The van der Waals surface area contributed by atoms with Gasteiger partial charge in [0.2, 0.25) is 0 Å². The number of fused-ring (bicyclic) bond motifs is 24. The lowest BCUT2D eigenvalue weighted by atomic mass is 9.69. The lowest BCUT2D eigenvalue weighted by Gasteiger charge is -2.36. The fourth-order valence-corrected chi connectivity index (χ4v) is 26.8. The number of para-hydroxylation sites is 6. The number of aromatic nitrogens is 4. The first-order valence-corrected chi connectivity index (χ1v) is 52.7. The van der Waals surface area contributed by atoms with Crippen molar-refractivity contribution in [3.63, 3.8) is 0 Å². The highest BCUT2D eigenvalue weighted by molar-refractivity contribution is 6.35. The van der Waals surface area contributed by atoms with Gasteiger partial charge in [0.1, 0.15) is 0 Å². The first-order chi connectivity index (χ1) is 70.1. The summed E-state index contributed by atoms with van der Waals surface area (Å²) in [6, 6.07) is 145. The van der Waals surface area contributed by atoms with Crippen LogP contribution >= 0.6 is 0 Å². The summed E-state index contributed by atoms with van der Waals surface area (Å²) in [5, 5.41) is 20.1. The predicted molar refractivity (Wildman–Crippen MR) is 615 cm³/mol. The molecule has 28 rings (SSSR count). The Bertz CT molecular complexity index is 9470. The molecule has 18 aromatic carbocycles. The van der Waals surface area contributed by atoms with E-state index in [1.165, 1.54) is 272 Å². The van der Waals surface area contributed by atoms with Crippen LogP contribution in [0.1, 0.15) is 186 Å². The fraction of sp³-hybridized carbons (Fsp3) is 0.206. The van der Waals surface area contributed by atoms with E-state index in [2.05, 4.69) is 489 Å². The lowest BCUT2D eigenvalue weighted by molar-refractivity contribution is 0.258. The molecule has 0 amide bonds. The average Bonchev–Trinajstić information content (AvgIpc) is 1.51. The third kappa shape index (κ3) is 13.2. The van der Waals surface area contributed by atoms with Crippen LogP contribution in [0.15, 0.2) is 376 Å². The number of rotatable bonds is 17. The first kappa shape index (κ1) is 86.3. The molecule has 2 saturated carbocycles. The van der Waals surface area contributed by atoms with E-state index >= 15 is 0 Å². The number of hydrogen-bond donors (Lipinski definition) is 0. The van der Waals surface area contributed by atoms with Crippen LogP contribution < -0.4 is 19.6 Å². The van der Waals surface area contributed by atoms with Gasteiger partial charge in [0.15, 0.2) is 0 Å².